The van der Waals surface area contributed by atoms with Gasteiger partial charge in [-0.15, -0.1) is 0 Å². The summed E-state index contributed by atoms with van der Waals surface area (Å²) < 4.78 is 6.37. The number of hydrogen-bond acceptors (Lipinski definition) is 3. The number of carboxylic acids is 1. The summed E-state index contributed by atoms with van der Waals surface area (Å²) in [6, 6.07) is 5.28. The lowest BCUT2D eigenvalue weighted by Crippen LogP contribution is -2.40. The number of carbonyl (C=O) groups is 2. The molecule has 1 saturated heterocycles. The van der Waals surface area contributed by atoms with Gasteiger partial charge in [0, 0.05) is 18.7 Å². The number of amides is 1. The van der Waals surface area contributed by atoms with Gasteiger partial charge < -0.3 is 14.7 Å². The van der Waals surface area contributed by atoms with Crippen LogP contribution in [0.15, 0.2) is 22.7 Å². The van der Waals surface area contributed by atoms with E-state index in [4.69, 9.17) is 9.84 Å². The van der Waals surface area contributed by atoms with Crippen LogP contribution < -0.4 is 4.74 Å². The van der Waals surface area contributed by atoms with Crippen LogP contribution in [0.1, 0.15) is 37.0 Å². The van der Waals surface area contributed by atoms with Gasteiger partial charge in [0.15, 0.2) is 0 Å². The highest BCUT2D eigenvalue weighted by molar-refractivity contribution is 9.10. The Hall–Kier alpha value is -1.56. The predicted octanol–water partition coefficient (Wildman–Crippen LogP) is 3.17. The molecule has 22 heavy (non-hydrogen) atoms. The maximum absolute atomic E-state index is 12.5. The van der Waals surface area contributed by atoms with Crippen LogP contribution in [-0.2, 0) is 4.79 Å². The molecule has 0 radical (unpaired) electrons. The van der Waals surface area contributed by atoms with Crippen molar-refractivity contribution in [3.8, 4) is 5.75 Å². The summed E-state index contributed by atoms with van der Waals surface area (Å²) in [7, 11) is 0. The van der Waals surface area contributed by atoms with E-state index in [2.05, 4.69) is 15.9 Å². The highest BCUT2D eigenvalue weighted by Gasteiger charge is 2.27. The lowest BCUT2D eigenvalue weighted by Gasteiger charge is -2.30. The largest absolute Gasteiger partial charge is 0.490 e. The number of ether oxygens (including phenoxy) is 1. The zero-order valence-corrected chi connectivity index (χ0v) is 14.3. The first-order valence-electron chi connectivity index (χ1n) is 7.36. The number of benzene rings is 1. The summed E-state index contributed by atoms with van der Waals surface area (Å²) in [5.74, 6) is -0.473. The first-order valence-corrected chi connectivity index (χ1v) is 8.16. The van der Waals surface area contributed by atoms with E-state index in [9.17, 15) is 9.59 Å². The molecule has 120 valence electrons. The molecule has 0 spiro atoms. The monoisotopic (exact) mass is 369 g/mol. The van der Waals surface area contributed by atoms with Crippen molar-refractivity contribution in [3.63, 3.8) is 0 Å². The normalized spacial score (nSPS) is 15.9. The van der Waals surface area contributed by atoms with E-state index in [0.717, 1.165) is 4.47 Å². The zero-order valence-electron chi connectivity index (χ0n) is 12.7. The maximum atomic E-state index is 12.5. The van der Waals surface area contributed by atoms with Crippen molar-refractivity contribution in [1.82, 2.24) is 4.90 Å². The van der Waals surface area contributed by atoms with Crippen LogP contribution >= 0.6 is 15.9 Å². The quantitative estimate of drug-likeness (QED) is 0.884. The molecule has 6 heteroatoms. The molecule has 1 amide bonds. The van der Waals surface area contributed by atoms with Gasteiger partial charge in [0.05, 0.1) is 16.5 Å². The second-order valence-electron chi connectivity index (χ2n) is 5.72. The Bertz CT molecular complexity index is 565. The van der Waals surface area contributed by atoms with Gasteiger partial charge in [-0.1, -0.05) is 0 Å². The molecule has 1 fully saturated rings. The number of halogens is 1. The van der Waals surface area contributed by atoms with E-state index < -0.39 is 5.97 Å². The third-order valence-corrected chi connectivity index (χ3v) is 4.29. The van der Waals surface area contributed by atoms with E-state index in [-0.39, 0.29) is 17.9 Å². The number of carbonyl (C=O) groups excluding carboxylic acids is 1. The Morgan fingerprint density at radius 3 is 2.45 bits per heavy atom. The molecule has 1 aliphatic rings. The van der Waals surface area contributed by atoms with E-state index in [0.29, 0.717) is 37.2 Å². The minimum Gasteiger partial charge on any atom is -0.490 e. The molecule has 0 aliphatic carbocycles. The Morgan fingerprint density at radius 1 is 1.32 bits per heavy atom. The van der Waals surface area contributed by atoms with Crippen LogP contribution in [0.5, 0.6) is 5.75 Å². The lowest BCUT2D eigenvalue weighted by atomic mass is 9.96. The summed E-state index contributed by atoms with van der Waals surface area (Å²) in [5, 5.41) is 9.00. The molecule has 1 aromatic rings. The molecule has 5 nitrogen and oxygen atoms in total. The highest BCUT2D eigenvalue weighted by Crippen LogP contribution is 2.28. The first-order chi connectivity index (χ1) is 10.4. The van der Waals surface area contributed by atoms with Gasteiger partial charge in [-0.05, 0) is 60.8 Å². The van der Waals surface area contributed by atoms with Crippen molar-refractivity contribution in [1.29, 1.82) is 0 Å². The fraction of sp³-hybridized carbons (Fsp3) is 0.500. The van der Waals surface area contributed by atoms with Crippen molar-refractivity contribution in [3.05, 3.63) is 28.2 Å². The van der Waals surface area contributed by atoms with E-state index in [1.807, 2.05) is 13.8 Å². The second kappa shape index (κ2) is 7.13. The molecule has 0 atom stereocenters. The van der Waals surface area contributed by atoms with Crippen molar-refractivity contribution < 1.29 is 19.4 Å². The van der Waals surface area contributed by atoms with Crippen molar-refractivity contribution >= 4 is 27.8 Å². The van der Waals surface area contributed by atoms with Gasteiger partial charge in [-0.2, -0.15) is 0 Å². The van der Waals surface area contributed by atoms with Gasteiger partial charge >= 0.3 is 5.97 Å². The fourth-order valence-corrected chi connectivity index (χ4v) is 2.97. The van der Waals surface area contributed by atoms with Crippen LogP contribution in [0.4, 0.5) is 0 Å². The van der Waals surface area contributed by atoms with Crippen molar-refractivity contribution in [2.45, 2.75) is 32.8 Å². The smallest absolute Gasteiger partial charge is 0.306 e. The standard InChI is InChI=1S/C16H20BrNO4/c1-10(2)22-14-4-3-12(9-13(14)17)15(19)18-7-5-11(6-8-18)16(20)21/h3-4,9-11H,5-8H2,1-2H3,(H,20,21). The number of nitrogens with zero attached hydrogens (tertiary/aromatic N) is 1. The Kier molecular flexibility index (Phi) is 5.45. The molecular weight excluding hydrogens is 350 g/mol. The van der Waals surface area contributed by atoms with Crippen LogP contribution in [-0.4, -0.2) is 41.1 Å². The molecule has 0 saturated carbocycles. The van der Waals surface area contributed by atoms with Crippen LogP contribution in [0.3, 0.4) is 0 Å². The zero-order chi connectivity index (χ0) is 16.3. The number of aliphatic carboxylic acids is 1. The summed E-state index contributed by atoms with van der Waals surface area (Å²) in [5.41, 5.74) is 0.580. The van der Waals surface area contributed by atoms with Gasteiger partial charge in [-0.3, -0.25) is 9.59 Å². The minimum atomic E-state index is -0.773. The Balaban J connectivity index is 2.04. The van der Waals surface area contributed by atoms with Crippen LogP contribution in [0, 0.1) is 5.92 Å². The lowest BCUT2D eigenvalue weighted by molar-refractivity contribution is -0.143. The summed E-state index contributed by atoms with van der Waals surface area (Å²) in [6.45, 7) is 4.85. The molecule has 1 N–H and O–H groups in total. The molecule has 1 aromatic carbocycles. The third kappa shape index (κ3) is 4.00. The van der Waals surface area contributed by atoms with Gasteiger partial charge in [0.25, 0.3) is 5.91 Å². The molecular formula is C16H20BrNO4. The number of carboxylic acid groups (broad SMARTS) is 1. The van der Waals surface area contributed by atoms with Crippen molar-refractivity contribution in [2.24, 2.45) is 5.92 Å². The highest BCUT2D eigenvalue weighted by atomic mass is 79.9. The Morgan fingerprint density at radius 2 is 1.95 bits per heavy atom. The average molecular weight is 370 g/mol. The molecule has 2 rings (SSSR count). The van der Waals surface area contributed by atoms with Gasteiger partial charge in [0.2, 0.25) is 0 Å². The first kappa shape index (κ1) is 16.8. The number of likely N-dealkylation sites (tertiary alicyclic amines) is 1. The van der Waals surface area contributed by atoms with Crippen LogP contribution in [0.2, 0.25) is 0 Å². The van der Waals surface area contributed by atoms with E-state index >= 15 is 0 Å². The van der Waals surface area contributed by atoms with E-state index in [1.54, 1.807) is 23.1 Å². The second-order valence-corrected chi connectivity index (χ2v) is 6.57. The topological polar surface area (TPSA) is 66.8 Å². The molecule has 0 aromatic heterocycles. The summed E-state index contributed by atoms with van der Waals surface area (Å²) >= 11 is 3.42. The summed E-state index contributed by atoms with van der Waals surface area (Å²) in [6.07, 6.45) is 1.08. The predicted molar refractivity (Wildman–Crippen MR) is 86.2 cm³/mol. The third-order valence-electron chi connectivity index (χ3n) is 3.67. The molecule has 1 heterocycles. The van der Waals surface area contributed by atoms with Gasteiger partial charge in [-0.25, -0.2) is 0 Å². The minimum absolute atomic E-state index is 0.0629. The van der Waals surface area contributed by atoms with Crippen LogP contribution in [0.25, 0.3) is 0 Å². The molecule has 0 bridgehead atoms. The number of hydrogen-bond donors (Lipinski definition) is 1. The number of rotatable bonds is 4. The van der Waals surface area contributed by atoms with Crippen molar-refractivity contribution in [2.75, 3.05) is 13.1 Å². The summed E-state index contributed by atoms with van der Waals surface area (Å²) in [4.78, 5) is 25.1. The fourth-order valence-electron chi connectivity index (χ4n) is 2.50. The molecule has 1 aliphatic heterocycles. The number of piperidine rings is 1. The maximum Gasteiger partial charge on any atom is 0.306 e. The van der Waals surface area contributed by atoms with Gasteiger partial charge in [0.1, 0.15) is 5.75 Å². The molecule has 0 unspecified atom stereocenters. The average Bonchev–Trinajstić information content (AvgIpc) is 2.48. The van der Waals surface area contributed by atoms with E-state index in [1.165, 1.54) is 0 Å². The SMILES string of the molecule is CC(C)Oc1ccc(C(=O)N2CCC(C(=O)O)CC2)cc1Br. The Labute approximate surface area is 138 Å².